The zero-order chi connectivity index (χ0) is 10.7. The number of hydrogen-bond donors (Lipinski definition) is 1. The summed E-state index contributed by atoms with van der Waals surface area (Å²) < 4.78 is 0.580. The van der Waals surface area contributed by atoms with E-state index in [-0.39, 0.29) is 0 Å². The highest BCUT2D eigenvalue weighted by atomic mass is 35.5. The fourth-order valence-electron chi connectivity index (χ4n) is 1.05. The number of thiazole rings is 1. The maximum atomic E-state index is 9.11. The Hall–Kier alpha value is -0.710. The lowest BCUT2D eigenvalue weighted by Gasteiger charge is -1.98. The molecule has 1 aromatic heterocycles. The lowest BCUT2D eigenvalue weighted by Crippen LogP contribution is -1.74. The van der Waals surface area contributed by atoms with Crippen molar-refractivity contribution >= 4 is 34.7 Å². The van der Waals surface area contributed by atoms with Gasteiger partial charge in [-0.25, -0.2) is 4.98 Å². The van der Waals surface area contributed by atoms with E-state index in [1.54, 1.807) is 30.1 Å². The van der Waals surface area contributed by atoms with Crippen LogP contribution in [0.25, 0.3) is 0 Å². The number of aromatic nitrogens is 1. The maximum Gasteiger partial charge on any atom is 0.183 e. The second-order valence-electron chi connectivity index (χ2n) is 2.86. The first-order valence-corrected chi connectivity index (χ1v) is 6.44. The molecule has 2 aromatic rings. The Morgan fingerprint density at radius 1 is 1.33 bits per heavy atom. The second-order valence-corrected chi connectivity index (χ2v) is 5.61. The SMILES string of the molecule is Oc1ccc(SCc2cnc(Cl)s2)cc1. The van der Waals surface area contributed by atoms with E-state index in [1.165, 1.54) is 11.3 Å². The number of phenolic OH excluding ortho intramolecular Hbond substituents is 1. The van der Waals surface area contributed by atoms with Crippen molar-refractivity contribution in [3.8, 4) is 5.75 Å². The van der Waals surface area contributed by atoms with Gasteiger partial charge in [-0.3, -0.25) is 0 Å². The number of benzene rings is 1. The summed E-state index contributed by atoms with van der Waals surface area (Å²) in [4.78, 5) is 6.25. The molecular formula is C10H8ClNOS2. The number of halogens is 1. The van der Waals surface area contributed by atoms with E-state index in [9.17, 15) is 0 Å². The van der Waals surface area contributed by atoms with Crippen LogP contribution in [0.1, 0.15) is 4.88 Å². The number of aromatic hydroxyl groups is 1. The largest absolute Gasteiger partial charge is 0.508 e. The number of rotatable bonds is 3. The fraction of sp³-hybridized carbons (Fsp3) is 0.100. The molecule has 0 spiro atoms. The van der Waals surface area contributed by atoms with Crippen molar-refractivity contribution in [2.75, 3.05) is 0 Å². The van der Waals surface area contributed by atoms with Crippen LogP contribution in [0.15, 0.2) is 35.4 Å². The molecule has 0 amide bonds. The van der Waals surface area contributed by atoms with Gasteiger partial charge in [0.1, 0.15) is 5.75 Å². The number of nitrogens with zero attached hydrogens (tertiary/aromatic N) is 1. The van der Waals surface area contributed by atoms with Crippen molar-refractivity contribution in [3.05, 3.63) is 39.8 Å². The van der Waals surface area contributed by atoms with Crippen LogP contribution < -0.4 is 0 Å². The van der Waals surface area contributed by atoms with Gasteiger partial charge in [-0.05, 0) is 24.3 Å². The highest BCUT2D eigenvalue weighted by Gasteiger charge is 2.00. The summed E-state index contributed by atoms with van der Waals surface area (Å²) in [5.74, 6) is 1.15. The van der Waals surface area contributed by atoms with Crippen molar-refractivity contribution in [2.24, 2.45) is 0 Å². The Kier molecular flexibility index (Phi) is 3.51. The summed E-state index contributed by atoms with van der Waals surface area (Å²) >= 11 is 8.92. The Balaban J connectivity index is 1.96. The van der Waals surface area contributed by atoms with E-state index in [0.29, 0.717) is 10.2 Å². The molecule has 0 aliphatic rings. The standard InChI is InChI=1S/C10H8ClNOS2/c11-10-12-5-9(15-10)6-14-8-3-1-7(13)2-4-8/h1-5,13H,6H2. The maximum absolute atomic E-state index is 9.11. The number of thioether (sulfide) groups is 1. The van der Waals surface area contributed by atoms with E-state index >= 15 is 0 Å². The molecule has 5 heteroatoms. The predicted octanol–water partition coefficient (Wildman–Crippen LogP) is 3.79. The normalized spacial score (nSPS) is 10.5. The monoisotopic (exact) mass is 257 g/mol. The topological polar surface area (TPSA) is 33.1 Å². The van der Waals surface area contributed by atoms with Crippen molar-refractivity contribution in [3.63, 3.8) is 0 Å². The molecule has 0 saturated carbocycles. The van der Waals surface area contributed by atoms with Crippen LogP contribution in [0.4, 0.5) is 0 Å². The smallest absolute Gasteiger partial charge is 0.183 e. The third kappa shape index (κ3) is 3.12. The third-order valence-electron chi connectivity index (χ3n) is 1.74. The molecule has 2 rings (SSSR count). The number of phenols is 1. The molecule has 0 aliphatic heterocycles. The first kappa shape index (κ1) is 10.8. The van der Waals surface area contributed by atoms with Crippen molar-refractivity contribution in [2.45, 2.75) is 10.6 Å². The summed E-state index contributed by atoms with van der Waals surface area (Å²) in [5.41, 5.74) is 0. The Morgan fingerprint density at radius 3 is 2.67 bits per heavy atom. The van der Waals surface area contributed by atoms with Crippen LogP contribution in [0.2, 0.25) is 4.47 Å². The molecule has 0 atom stereocenters. The quantitative estimate of drug-likeness (QED) is 0.850. The highest BCUT2D eigenvalue weighted by molar-refractivity contribution is 7.98. The lowest BCUT2D eigenvalue weighted by atomic mass is 10.3. The summed E-state index contributed by atoms with van der Waals surface area (Å²) in [6.07, 6.45) is 1.79. The summed E-state index contributed by atoms with van der Waals surface area (Å²) in [5, 5.41) is 9.11. The molecule has 1 N–H and O–H groups in total. The van der Waals surface area contributed by atoms with E-state index in [0.717, 1.165) is 15.5 Å². The molecular weight excluding hydrogens is 250 g/mol. The molecule has 1 aromatic carbocycles. The van der Waals surface area contributed by atoms with E-state index in [2.05, 4.69) is 4.98 Å². The second kappa shape index (κ2) is 4.88. The molecule has 0 unspecified atom stereocenters. The van der Waals surface area contributed by atoms with Crippen molar-refractivity contribution in [1.29, 1.82) is 0 Å². The molecule has 0 saturated heterocycles. The van der Waals surface area contributed by atoms with Crippen LogP contribution in [0.3, 0.4) is 0 Å². The minimum atomic E-state index is 0.292. The summed E-state index contributed by atoms with van der Waals surface area (Å²) in [6, 6.07) is 7.15. The Morgan fingerprint density at radius 2 is 2.07 bits per heavy atom. The van der Waals surface area contributed by atoms with Gasteiger partial charge in [-0.1, -0.05) is 11.6 Å². The zero-order valence-electron chi connectivity index (χ0n) is 7.68. The minimum Gasteiger partial charge on any atom is -0.508 e. The van der Waals surface area contributed by atoms with E-state index in [1.807, 2.05) is 12.1 Å². The van der Waals surface area contributed by atoms with E-state index < -0.39 is 0 Å². The lowest BCUT2D eigenvalue weighted by molar-refractivity contribution is 0.475. The van der Waals surface area contributed by atoms with Gasteiger partial charge < -0.3 is 5.11 Å². The Bertz CT molecular complexity index is 441. The average Bonchev–Trinajstić information content (AvgIpc) is 2.64. The van der Waals surface area contributed by atoms with Crippen LogP contribution in [-0.2, 0) is 5.75 Å². The Labute approximate surface area is 101 Å². The van der Waals surface area contributed by atoms with Gasteiger partial charge in [-0.15, -0.1) is 23.1 Å². The highest BCUT2D eigenvalue weighted by Crippen LogP contribution is 2.28. The van der Waals surface area contributed by atoms with E-state index in [4.69, 9.17) is 16.7 Å². The van der Waals surface area contributed by atoms with Gasteiger partial charge >= 0.3 is 0 Å². The first-order valence-electron chi connectivity index (χ1n) is 4.26. The predicted molar refractivity (Wildman–Crippen MR) is 64.8 cm³/mol. The van der Waals surface area contributed by atoms with Crippen LogP contribution >= 0.6 is 34.7 Å². The van der Waals surface area contributed by atoms with Gasteiger partial charge in [0.15, 0.2) is 4.47 Å². The van der Waals surface area contributed by atoms with Crippen LogP contribution in [0.5, 0.6) is 5.75 Å². The van der Waals surface area contributed by atoms with Gasteiger partial charge in [0.2, 0.25) is 0 Å². The molecule has 0 fully saturated rings. The summed E-state index contributed by atoms with van der Waals surface area (Å²) in [7, 11) is 0. The van der Waals surface area contributed by atoms with Crippen LogP contribution in [-0.4, -0.2) is 10.1 Å². The molecule has 0 radical (unpaired) electrons. The van der Waals surface area contributed by atoms with Gasteiger partial charge in [0.25, 0.3) is 0 Å². The fourth-order valence-corrected chi connectivity index (χ4v) is 2.94. The minimum absolute atomic E-state index is 0.292. The van der Waals surface area contributed by atoms with Crippen molar-refractivity contribution in [1.82, 2.24) is 4.98 Å². The van der Waals surface area contributed by atoms with Gasteiger partial charge in [-0.2, -0.15) is 0 Å². The van der Waals surface area contributed by atoms with Gasteiger partial charge in [0.05, 0.1) is 0 Å². The molecule has 1 heterocycles. The molecule has 15 heavy (non-hydrogen) atoms. The molecule has 0 aliphatic carbocycles. The molecule has 78 valence electrons. The summed E-state index contributed by atoms with van der Waals surface area (Å²) in [6.45, 7) is 0. The van der Waals surface area contributed by atoms with Crippen LogP contribution in [0, 0.1) is 0 Å². The molecule has 0 bridgehead atoms. The zero-order valence-corrected chi connectivity index (χ0v) is 10.1. The third-order valence-corrected chi connectivity index (χ3v) is 4.10. The van der Waals surface area contributed by atoms with Gasteiger partial charge in [0, 0.05) is 21.7 Å². The molecule has 2 nitrogen and oxygen atoms in total. The first-order chi connectivity index (χ1) is 7.24. The van der Waals surface area contributed by atoms with Crippen molar-refractivity contribution < 1.29 is 5.11 Å². The average molecular weight is 258 g/mol. The number of hydrogen-bond acceptors (Lipinski definition) is 4.